The van der Waals surface area contributed by atoms with Gasteiger partial charge >= 0.3 is 0 Å². The molecule has 2 N–H and O–H groups in total. The fourth-order valence-corrected chi connectivity index (χ4v) is 0.944. The fraction of sp³-hybridized carbons (Fsp3) is 1.00. The molecule has 1 aliphatic heterocycles. The first-order valence-corrected chi connectivity index (χ1v) is 3.62. The van der Waals surface area contributed by atoms with Crippen molar-refractivity contribution in [3.8, 4) is 0 Å². The van der Waals surface area contributed by atoms with Gasteiger partial charge in [-0.3, -0.25) is 0 Å². The van der Waals surface area contributed by atoms with Crippen LogP contribution in [0.3, 0.4) is 0 Å². The van der Waals surface area contributed by atoms with E-state index >= 15 is 0 Å². The summed E-state index contributed by atoms with van der Waals surface area (Å²) in [6, 6.07) is 0.132. The summed E-state index contributed by atoms with van der Waals surface area (Å²) in [7, 11) is 0. The van der Waals surface area contributed by atoms with Crippen LogP contribution in [0.15, 0.2) is 0 Å². The van der Waals surface area contributed by atoms with Crippen molar-refractivity contribution in [3.05, 3.63) is 0 Å². The summed E-state index contributed by atoms with van der Waals surface area (Å²) in [5.74, 6) is 0. The van der Waals surface area contributed by atoms with Crippen LogP contribution in [-0.2, 0) is 4.74 Å². The molecule has 0 spiro atoms. The third kappa shape index (κ3) is 3.38. The number of ether oxygens (including phenoxy) is 1. The standard InChI is InChI=1S/C7H15NO2.ClH/c1-7(2)5-8-6(3-9)4-10-7;/h6,8-9H,3-5H2,1-2H3;1H/t6-;/m0./s1. The van der Waals surface area contributed by atoms with Crippen molar-refractivity contribution in [2.24, 2.45) is 0 Å². The van der Waals surface area contributed by atoms with E-state index in [9.17, 15) is 0 Å². The van der Waals surface area contributed by atoms with E-state index in [1.54, 1.807) is 0 Å². The molecule has 0 amide bonds. The highest BCUT2D eigenvalue weighted by Gasteiger charge is 2.26. The van der Waals surface area contributed by atoms with Gasteiger partial charge in [-0.15, -0.1) is 12.4 Å². The maximum atomic E-state index is 8.72. The van der Waals surface area contributed by atoms with Gasteiger partial charge in [0.1, 0.15) is 0 Å². The van der Waals surface area contributed by atoms with Gasteiger partial charge in [-0.25, -0.2) is 0 Å². The zero-order chi connectivity index (χ0) is 7.61. The molecule has 1 heterocycles. The van der Waals surface area contributed by atoms with Crippen LogP contribution >= 0.6 is 12.4 Å². The summed E-state index contributed by atoms with van der Waals surface area (Å²) in [4.78, 5) is 0. The number of halogens is 1. The number of rotatable bonds is 1. The van der Waals surface area contributed by atoms with Gasteiger partial charge in [0, 0.05) is 6.54 Å². The summed E-state index contributed by atoms with van der Waals surface area (Å²) in [5.41, 5.74) is -0.0638. The van der Waals surface area contributed by atoms with Gasteiger partial charge < -0.3 is 15.2 Å². The maximum Gasteiger partial charge on any atom is 0.0751 e. The van der Waals surface area contributed by atoms with E-state index in [1.165, 1.54) is 0 Å². The van der Waals surface area contributed by atoms with E-state index in [1.807, 2.05) is 13.8 Å². The monoisotopic (exact) mass is 181 g/mol. The fourth-order valence-electron chi connectivity index (χ4n) is 0.944. The molecule has 0 unspecified atom stereocenters. The van der Waals surface area contributed by atoms with Gasteiger partial charge in [0.05, 0.1) is 24.9 Å². The second-order valence-corrected chi connectivity index (χ2v) is 3.33. The molecule has 0 bridgehead atoms. The minimum Gasteiger partial charge on any atom is -0.395 e. The Morgan fingerprint density at radius 2 is 2.27 bits per heavy atom. The van der Waals surface area contributed by atoms with Crippen molar-refractivity contribution in [2.45, 2.75) is 25.5 Å². The second-order valence-electron chi connectivity index (χ2n) is 3.33. The Bertz CT molecular complexity index is 109. The zero-order valence-corrected chi connectivity index (χ0v) is 7.78. The number of hydrogen-bond donors (Lipinski definition) is 2. The SMILES string of the molecule is CC1(C)CN[C@@H](CO)CO1.Cl. The Kier molecular flexibility index (Phi) is 4.32. The number of aliphatic hydroxyl groups excluding tert-OH is 1. The van der Waals surface area contributed by atoms with Gasteiger partial charge in [-0.1, -0.05) is 0 Å². The first-order valence-electron chi connectivity index (χ1n) is 3.62. The highest BCUT2D eigenvalue weighted by molar-refractivity contribution is 5.85. The highest BCUT2D eigenvalue weighted by Crippen LogP contribution is 2.12. The summed E-state index contributed by atoms with van der Waals surface area (Å²) in [5, 5.41) is 11.9. The lowest BCUT2D eigenvalue weighted by molar-refractivity contribution is -0.0655. The van der Waals surface area contributed by atoms with E-state index < -0.39 is 0 Å². The van der Waals surface area contributed by atoms with Crippen molar-refractivity contribution in [1.82, 2.24) is 5.32 Å². The molecule has 1 saturated heterocycles. The van der Waals surface area contributed by atoms with Gasteiger partial charge in [-0.2, -0.15) is 0 Å². The minimum atomic E-state index is -0.0638. The van der Waals surface area contributed by atoms with Crippen LogP contribution in [0.4, 0.5) is 0 Å². The van der Waals surface area contributed by atoms with E-state index in [4.69, 9.17) is 9.84 Å². The summed E-state index contributed by atoms with van der Waals surface area (Å²) in [6.45, 7) is 5.67. The average molecular weight is 182 g/mol. The van der Waals surface area contributed by atoms with E-state index in [2.05, 4.69) is 5.32 Å². The van der Waals surface area contributed by atoms with E-state index in [0.29, 0.717) is 6.61 Å². The molecule has 0 aliphatic carbocycles. The molecule has 11 heavy (non-hydrogen) atoms. The first-order chi connectivity index (χ1) is 4.64. The third-order valence-electron chi connectivity index (χ3n) is 1.71. The molecule has 0 saturated carbocycles. The minimum absolute atomic E-state index is 0. The summed E-state index contributed by atoms with van der Waals surface area (Å²) >= 11 is 0. The van der Waals surface area contributed by atoms with Crippen LogP contribution in [0, 0.1) is 0 Å². The number of morpholine rings is 1. The Morgan fingerprint density at radius 1 is 1.64 bits per heavy atom. The van der Waals surface area contributed by atoms with Crippen LogP contribution < -0.4 is 5.32 Å². The third-order valence-corrected chi connectivity index (χ3v) is 1.71. The largest absolute Gasteiger partial charge is 0.395 e. The van der Waals surface area contributed by atoms with Gasteiger partial charge in [-0.05, 0) is 13.8 Å². The Morgan fingerprint density at radius 3 is 2.64 bits per heavy atom. The summed E-state index contributed by atoms with van der Waals surface area (Å²) in [6.07, 6.45) is 0. The number of nitrogens with one attached hydrogen (secondary N) is 1. The van der Waals surface area contributed by atoms with Gasteiger partial charge in [0.2, 0.25) is 0 Å². The van der Waals surface area contributed by atoms with Crippen LogP contribution in [0.1, 0.15) is 13.8 Å². The molecule has 1 fully saturated rings. The van der Waals surface area contributed by atoms with Crippen molar-refractivity contribution in [2.75, 3.05) is 19.8 Å². The smallest absolute Gasteiger partial charge is 0.0751 e. The normalized spacial score (nSPS) is 29.2. The van der Waals surface area contributed by atoms with Crippen LogP contribution in [0.25, 0.3) is 0 Å². The quantitative estimate of drug-likeness (QED) is 0.606. The zero-order valence-electron chi connectivity index (χ0n) is 6.96. The predicted molar refractivity (Wildman–Crippen MR) is 46.2 cm³/mol. The molecule has 4 heteroatoms. The molecular weight excluding hydrogens is 166 g/mol. The lowest BCUT2D eigenvalue weighted by atomic mass is 10.1. The van der Waals surface area contributed by atoms with Crippen LogP contribution in [0.5, 0.6) is 0 Å². The first kappa shape index (κ1) is 11.2. The topological polar surface area (TPSA) is 41.5 Å². The predicted octanol–water partition coefficient (Wildman–Crippen LogP) is 0.168. The average Bonchev–Trinajstić information content (AvgIpc) is 1.88. The molecule has 1 rings (SSSR count). The molecule has 1 atom stereocenters. The Hall–Kier alpha value is 0.170. The molecule has 0 aromatic carbocycles. The number of hydrogen-bond acceptors (Lipinski definition) is 3. The molecule has 0 aromatic rings. The lowest BCUT2D eigenvalue weighted by Crippen LogP contribution is -2.52. The Labute approximate surface area is 73.5 Å². The van der Waals surface area contributed by atoms with E-state index in [-0.39, 0.29) is 30.7 Å². The van der Waals surface area contributed by atoms with Crippen LogP contribution in [0.2, 0.25) is 0 Å². The Balaban J connectivity index is 0.000001000. The molecule has 1 aliphatic rings. The van der Waals surface area contributed by atoms with Crippen LogP contribution in [-0.4, -0.2) is 36.5 Å². The van der Waals surface area contributed by atoms with E-state index in [0.717, 1.165) is 6.54 Å². The van der Waals surface area contributed by atoms with Gasteiger partial charge in [0.25, 0.3) is 0 Å². The van der Waals surface area contributed by atoms with Crippen molar-refractivity contribution >= 4 is 12.4 Å². The second kappa shape index (κ2) is 4.26. The maximum absolute atomic E-state index is 8.72. The van der Waals surface area contributed by atoms with Crippen molar-refractivity contribution in [1.29, 1.82) is 0 Å². The molecule has 3 nitrogen and oxygen atoms in total. The number of aliphatic hydroxyl groups is 1. The highest BCUT2D eigenvalue weighted by atomic mass is 35.5. The molecule has 68 valence electrons. The molecule has 0 aromatic heterocycles. The summed E-state index contributed by atoms with van der Waals surface area (Å²) < 4.78 is 5.45. The van der Waals surface area contributed by atoms with Crippen molar-refractivity contribution < 1.29 is 9.84 Å². The molecule has 0 radical (unpaired) electrons. The van der Waals surface area contributed by atoms with Crippen molar-refractivity contribution in [3.63, 3.8) is 0 Å². The molecular formula is C7H16ClNO2. The van der Waals surface area contributed by atoms with Gasteiger partial charge in [0.15, 0.2) is 0 Å². The lowest BCUT2D eigenvalue weighted by Gasteiger charge is -2.34.